The summed E-state index contributed by atoms with van der Waals surface area (Å²) < 4.78 is 11.7. The minimum absolute atomic E-state index is 0.0964. The summed E-state index contributed by atoms with van der Waals surface area (Å²) in [6.45, 7) is 6.47. The molecule has 6 heteroatoms. The Kier molecular flexibility index (Phi) is 5.10. The smallest absolute Gasteiger partial charge is 0.172 e. The molecule has 0 aliphatic carbocycles. The summed E-state index contributed by atoms with van der Waals surface area (Å²) in [7, 11) is 1.67. The lowest BCUT2D eigenvalue weighted by atomic mass is 10.1. The number of rotatable bonds is 3. The molecule has 0 amide bonds. The van der Waals surface area contributed by atoms with Gasteiger partial charge in [0.2, 0.25) is 0 Å². The molecule has 0 bridgehead atoms. The van der Waals surface area contributed by atoms with Crippen molar-refractivity contribution < 1.29 is 9.36 Å². The topological polar surface area (TPSA) is 21.7 Å². The normalized spacial score (nSPS) is 24.9. The summed E-state index contributed by atoms with van der Waals surface area (Å²) in [5.74, 6) is 0.830. The summed E-state index contributed by atoms with van der Waals surface area (Å²) in [5, 5.41) is 3.23. The summed E-state index contributed by atoms with van der Waals surface area (Å²) in [6.07, 6.45) is 0. The second-order valence-electron chi connectivity index (χ2n) is 6.64. The maximum atomic E-state index is 6.42. The second kappa shape index (κ2) is 6.81. The number of hydroxylamine groups is 2. The van der Waals surface area contributed by atoms with E-state index >= 15 is 0 Å². The van der Waals surface area contributed by atoms with Gasteiger partial charge in [-0.2, -0.15) is 5.06 Å². The van der Waals surface area contributed by atoms with E-state index in [1.807, 2.05) is 30.3 Å². The number of nitrogens with zero attached hydrogens (tertiary/aromatic N) is 1. The second-order valence-corrected chi connectivity index (χ2v) is 13.4. The van der Waals surface area contributed by atoms with Crippen LogP contribution in [0.5, 0.6) is 5.75 Å². The first-order chi connectivity index (χ1) is 11.3. The zero-order valence-corrected chi connectivity index (χ0v) is 16.8. The molecule has 2 aromatic rings. The first-order valence-electron chi connectivity index (χ1n) is 7.80. The molecule has 1 saturated heterocycles. The van der Waals surface area contributed by atoms with Gasteiger partial charge in [-0.05, 0) is 62.4 Å². The Morgan fingerprint density at radius 3 is 2.25 bits per heavy atom. The molecule has 128 valence electrons. The molecule has 0 aromatic heterocycles. The van der Waals surface area contributed by atoms with Crippen LogP contribution < -0.4 is 10.0 Å². The average Bonchev–Trinajstić information content (AvgIpc) is 2.95. The van der Waals surface area contributed by atoms with Crippen LogP contribution in [0.1, 0.15) is 31.7 Å². The van der Waals surface area contributed by atoms with Crippen molar-refractivity contribution in [3.63, 3.8) is 0 Å². The molecule has 3 rings (SSSR count). The molecule has 1 fully saturated rings. The molecule has 1 heterocycles. The van der Waals surface area contributed by atoms with Crippen molar-refractivity contribution in [2.24, 2.45) is 0 Å². The predicted molar refractivity (Wildman–Crippen MR) is 106 cm³/mol. The van der Waals surface area contributed by atoms with Crippen LogP contribution in [0.25, 0.3) is 0 Å². The molecule has 1 aliphatic heterocycles. The fraction of sp³-hybridized carbons (Fsp3) is 0.333. The first-order valence-corrected chi connectivity index (χ1v) is 12.0. The highest BCUT2D eigenvalue weighted by Crippen LogP contribution is 2.72. The van der Waals surface area contributed by atoms with Gasteiger partial charge in [0.15, 0.2) is 5.47 Å². The highest BCUT2D eigenvalue weighted by molar-refractivity contribution is 8.71. The van der Waals surface area contributed by atoms with E-state index in [0.29, 0.717) is 0 Å². The van der Waals surface area contributed by atoms with Crippen LogP contribution in [0.4, 0.5) is 0 Å². The van der Waals surface area contributed by atoms with Crippen molar-refractivity contribution in [2.45, 2.75) is 31.7 Å². The third-order valence-corrected chi connectivity index (χ3v) is 9.92. The van der Waals surface area contributed by atoms with Gasteiger partial charge in [-0.25, -0.2) is 0 Å². The van der Waals surface area contributed by atoms with Crippen molar-refractivity contribution in [3.05, 3.63) is 60.2 Å². The molecule has 0 spiro atoms. The fourth-order valence-corrected chi connectivity index (χ4v) is 8.69. The van der Waals surface area contributed by atoms with Crippen LogP contribution in [0.3, 0.4) is 0 Å². The SMILES string of the molecule is COc1ccc(P2(=S)ON(C(C)(C)C)C(c3ccccc3)S2)cc1. The van der Waals surface area contributed by atoms with Gasteiger partial charge in [-0.1, -0.05) is 41.7 Å². The molecule has 24 heavy (non-hydrogen) atoms. The van der Waals surface area contributed by atoms with Crippen molar-refractivity contribution in [3.8, 4) is 5.75 Å². The maximum Gasteiger partial charge on any atom is 0.172 e. The van der Waals surface area contributed by atoms with E-state index in [9.17, 15) is 0 Å². The zero-order chi connectivity index (χ0) is 17.4. The quantitative estimate of drug-likeness (QED) is 0.689. The van der Waals surface area contributed by atoms with Crippen LogP contribution in [-0.2, 0) is 16.4 Å². The van der Waals surface area contributed by atoms with Crippen LogP contribution in [0.15, 0.2) is 54.6 Å². The van der Waals surface area contributed by atoms with Gasteiger partial charge in [0.25, 0.3) is 0 Å². The lowest BCUT2D eigenvalue weighted by Gasteiger charge is -2.34. The Hall–Kier alpha value is -0.840. The molecular weight excluding hydrogens is 357 g/mol. The Bertz CT molecular complexity index is 744. The highest BCUT2D eigenvalue weighted by atomic mass is 32.9. The molecule has 2 unspecified atom stereocenters. The third kappa shape index (κ3) is 3.56. The number of methoxy groups -OCH3 is 1. The van der Waals surface area contributed by atoms with Gasteiger partial charge in [0.1, 0.15) is 11.1 Å². The summed E-state index contributed by atoms with van der Waals surface area (Å²) in [4.78, 5) is 0. The van der Waals surface area contributed by atoms with Crippen molar-refractivity contribution >= 4 is 34.0 Å². The van der Waals surface area contributed by atoms with E-state index in [0.717, 1.165) is 11.1 Å². The number of hydrogen-bond donors (Lipinski definition) is 0. The summed E-state index contributed by atoms with van der Waals surface area (Å²) in [6, 6.07) is 18.4. The molecule has 0 N–H and O–H groups in total. The van der Waals surface area contributed by atoms with E-state index in [1.54, 1.807) is 18.5 Å². The van der Waals surface area contributed by atoms with E-state index in [2.05, 4.69) is 50.1 Å². The lowest BCUT2D eigenvalue weighted by molar-refractivity contribution is -0.120. The van der Waals surface area contributed by atoms with Crippen LogP contribution in [-0.4, -0.2) is 17.7 Å². The van der Waals surface area contributed by atoms with Crippen molar-refractivity contribution in [1.29, 1.82) is 0 Å². The van der Waals surface area contributed by atoms with E-state index < -0.39 is 5.47 Å². The van der Waals surface area contributed by atoms with Gasteiger partial charge in [0.05, 0.1) is 7.11 Å². The van der Waals surface area contributed by atoms with Gasteiger partial charge >= 0.3 is 0 Å². The van der Waals surface area contributed by atoms with Crippen molar-refractivity contribution in [1.82, 2.24) is 5.06 Å². The Labute approximate surface area is 153 Å². The zero-order valence-electron chi connectivity index (χ0n) is 14.3. The van der Waals surface area contributed by atoms with Gasteiger partial charge in [0, 0.05) is 10.8 Å². The average molecular weight is 379 g/mol. The third-order valence-electron chi connectivity index (χ3n) is 3.78. The van der Waals surface area contributed by atoms with E-state index in [4.69, 9.17) is 21.2 Å². The van der Waals surface area contributed by atoms with Crippen molar-refractivity contribution in [2.75, 3.05) is 7.11 Å². The lowest BCUT2D eigenvalue weighted by Crippen LogP contribution is -2.39. The summed E-state index contributed by atoms with van der Waals surface area (Å²) in [5.41, 5.74) is -1.12. The Morgan fingerprint density at radius 2 is 1.71 bits per heavy atom. The molecule has 0 radical (unpaired) electrons. The molecule has 2 atom stereocenters. The fourth-order valence-electron chi connectivity index (χ4n) is 2.51. The molecule has 0 saturated carbocycles. The number of hydrogen-bond acceptors (Lipinski definition) is 5. The van der Waals surface area contributed by atoms with Crippen LogP contribution in [0.2, 0.25) is 0 Å². The van der Waals surface area contributed by atoms with Crippen LogP contribution >= 0.6 is 16.8 Å². The number of benzene rings is 2. The Balaban J connectivity index is 1.98. The minimum atomic E-state index is -2.21. The van der Waals surface area contributed by atoms with E-state index in [-0.39, 0.29) is 10.9 Å². The predicted octanol–water partition coefficient (Wildman–Crippen LogP) is 5.11. The summed E-state index contributed by atoms with van der Waals surface area (Å²) >= 11 is 7.76. The molecule has 2 aromatic carbocycles. The molecular formula is C18H22NO2PS2. The molecule has 3 nitrogen and oxygen atoms in total. The Morgan fingerprint density at radius 1 is 1.08 bits per heavy atom. The largest absolute Gasteiger partial charge is 0.497 e. The highest BCUT2D eigenvalue weighted by Gasteiger charge is 2.46. The van der Waals surface area contributed by atoms with Gasteiger partial charge in [-0.3, -0.25) is 4.62 Å². The number of ether oxygens (including phenoxy) is 1. The van der Waals surface area contributed by atoms with Gasteiger partial charge in [-0.15, -0.1) is 0 Å². The monoisotopic (exact) mass is 379 g/mol. The maximum absolute atomic E-state index is 6.42. The van der Waals surface area contributed by atoms with Gasteiger partial charge < -0.3 is 4.74 Å². The first kappa shape index (κ1) is 18.0. The van der Waals surface area contributed by atoms with E-state index in [1.165, 1.54) is 5.56 Å². The molecule has 1 aliphatic rings. The van der Waals surface area contributed by atoms with Crippen LogP contribution in [0, 0.1) is 0 Å². The minimum Gasteiger partial charge on any atom is -0.497 e. The standard InChI is InChI=1S/C18H22NO2PS2/c1-18(2,3)19-17(14-8-6-5-7-9-14)24-22(23,21-19)16-12-10-15(20-4)11-13-16/h5-13,17H,1-4H3.